The fraction of sp³-hybridized carbons (Fsp3) is 0.553. The van der Waals surface area contributed by atoms with E-state index >= 15 is 0 Å². The minimum Gasteiger partial charge on any atom is -0.481 e. The summed E-state index contributed by atoms with van der Waals surface area (Å²) in [5.41, 5.74) is 7.03. The largest absolute Gasteiger partial charge is 0.481 e. The van der Waals surface area contributed by atoms with E-state index in [4.69, 9.17) is 5.73 Å². The molecule has 3 aliphatic rings. The van der Waals surface area contributed by atoms with Crippen LogP contribution in [0.15, 0.2) is 30.5 Å². The molecule has 320 valence electrons. The Kier molecular flexibility index (Phi) is 16.4. The Balaban J connectivity index is 1.39. The molecule has 5 rings (SSSR count). The van der Waals surface area contributed by atoms with Crippen molar-refractivity contribution in [2.75, 3.05) is 31.1 Å². The van der Waals surface area contributed by atoms with Crippen LogP contribution in [0.5, 0.6) is 0 Å². The number of nitrogens with two attached hydrogens (primary N) is 1. The third kappa shape index (κ3) is 12.8. The number of aromatic nitrogens is 1. The monoisotopic (exact) mass is 857 g/mol. The number of primary amides is 1. The first-order valence-corrected chi connectivity index (χ1v) is 22.1. The lowest BCUT2D eigenvalue weighted by atomic mass is 9.88. The zero-order valence-electron chi connectivity index (χ0n) is 32.4. The van der Waals surface area contributed by atoms with Gasteiger partial charge in [-0.05, 0) is 37.3 Å². The number of carbonyl (C=O) groups excluding carboxylic acids is 8. The predicted octanol–water partition coefficient (Wildman–Crippen LogP) is -0.802. The lowest BCUT2D eigenvalue weighted by Gasteiger charge is -2.30. The lowest BCUT2D eigenvalue weighted by molar-refractivity contribution is -0.143. The van der Waals surface area contributed by atoms with Crippen molar-refractivity contribution in [2.45, 2.75) is 94.4 Å². The van der Waals surface area contributed by atoms with Gasteiger partial charge in [-0.15, -0.1) is 0 Å². The summed E-state index contributed by atoms with van der Waals surface area (Å²) in [5.74, 6) is -7.07. The lowest BCUT2D eigenvalue weighted by Crippen LogP contribution is -2.59. The van der Waals surface area contributed by atoms with Gasteiger partial charge in [-0.25, -0.2) is 0 Å². The average molecular weight is 858 g/mol. The van der Waals surface area contributed by atoms with Crippen LogP contribution in [0.1, 0.15) is 63.4 Å². The molecular formula is C38H51N9O10S2. The first kappa shape index (κ1) is 44.8. The van der Waals surface area contributed by atoms with E-state index in [-0.39, 0.29) is 55.7 Å². The van der Waals surface area contributed by atoms with E-state index in [9.17, 15) is 48.3 Å². The molecule has 2 aliphatic heterocycles. The number of amides is 8. The molecule has 10 N–H and O–H groups in total. The van der Waals surface area contributed by atoms with Crippen molar-refractivity contribution in [2.24, 2.45) is 11.7 Å². The summed E-state index contributed by atoms with van der Waals surface area (Å²) < 4.78 is 0. The number of aromatic amines is 1. The van der Waals surface area contributed by atoms with Gasteiger partial charge in [0.1, 0.15) is 30.2 Å². The Labute approximate surface area is 348 Å². The third-order valence-electron chi connectivity index (χ3n) is 10.5. The highest BCUT2D eigenvalue weighted by molar-refractivity contribution is 8.76. The number of para-hydroxylation sites is 1. The molecule has 0 radical (unpaired) electrons. The second-order valence-electron chi connectivity index (χ2n) is 14.8. The third-order valence-corrected chi connectivity index (χ3v) is 12.9. The summed E-state index contributed by atoms with van der Waals surface area (Å²) in [6.07, 6.45) is 5.55. The van der Waals surface area contributed by atoms with Gasteiger partial charge in [0.05, 0.1) is 13.0 Å². The molecule has 8 amide bonds. The van der Waals surface area contributed by atoms with Gasteiger partial charge >= 0.3 is 5.97 Å². The SMILES string of the molecule is NC(=O)C1CSSCCC(=O)N[C@@H](CNC(=O)C2CCCCC2)C(=O)NCC(=O)N[C@@H](CC(=O)O)C(=O)N[C@@H](Cc2c[nH]c3ccccc23)C(=O)N2CCC[C@H]2C(=O)N1. The quantitative estimate of drug-likeness (QED) is 0.148. The molecule has 1 aromatic carbocycles. The summed E-state index contributed by atoms with van der Waals surface area (Å²) in [4.78, 5) is 123. The molecule has 2 aromatic rings. The number of fused-ring (bicyclic) bond motifs is 2. The Morgan fingerprint density at radius 1 is 0.831 bits per heavy atom. The maximum Gasteiger partial charge on any atom is 0.305 e. The van der Waals surface area contributed by atoms with E-state index in [0.29, 0.717) is 24.8 Å². The highest BCUT2D eigenvalue weighted by Crippen LogP contribution is 2.26. The van der Waals surface area contributed by atoms with E-state index in [1.165, 1.54) is 26.5 Å². The van der Waals surface area contributed by atoms with Gasteiger partial charge in [-0.3, -0.25) is 43.2 Å². The van der Waals surface area contributed by atoms with Gasteiger partial charge in [0.25, 0.3) is 0 Å². The number of hydrogen-bond donors (Lipinski definition) is 9. The smallest absolute Gasteiger partial charge is 0.305 e. The number of carboxylic acids is 1. The maximum absolute atomic E-state index is 14.4. The van der Waals surface area contributed by atoms with E-state index < -0.39 is 90.5 Å². The number of rotatable bonds is 8. The number of aliphatic carboxylic acids is 1. The number of carboxylic acid groups (broad SMARTS) is 1. The standard InChI is InChI=1S/C38H51N9O10S2/c39-33(52)28-20-59-58-14-12-30(48)44-27(18-41-34(53)21-7-2-1-3-8-21)35(54)42-19-31(49)43-25(16-32(50)51)36(55)45-26(15-22-17-40-24-10-5-4-9-23(22)24)38(57)47-13-6-11-29(47)37(56)46-28/h4-5,9-10,17,21,25-29,40H,1-3,6-8,11-16,18-20H2,(H2,39,52)(H,41,53)(H,42,54)(H,43,49)(H,44,48)(H,45,55)(H,46,56)(H,50,51)/t25-,26-,27-,28?,29-/m0/s1. The van der Waals surface area contributed by atoms with Crippen molar-refractivity contribution < 1.29 is 48.3 Å². The molecule has 5 atom stereocenters. The fourth-order valence-electron chi connectivity index (χ4n) is 7.38. The Morgan fingerprint density at radius 2 is 1.58 bits per heavy atom. The van der Waals surface area contributed by atoms with Gasteiger partial charge < -0.3 is 52.6 Å². The average Bonchev–Trinajstić information content (AvgIpc) is 3.87. The van der Waals surface area contributed by atoms with Gasteiger partial charge in [-0.2, -0.15) is 0 Å². The zero-order valence-corrected chi connectivity index (χ0v) is 34.1. The Bertz CT molecular complexity index is 1900. The number of hydrogen-bond acceptors (Lipinski definition) is 11. The van der Waals surface area contributed by atoms with Crippen LogP contribution < -0.4 is 37.6 Å². The number of benzene rings is 1. The minimum atomic E-state index is -1.70. The number of nitrogens with one attached hydrogen (secondary N) is 7. The van der Waals surface area contributed by atoms with E-state index in [2.05, 4.69) is 36.9 Å². The van der Waals surface area contributed by atoms with Crippen molar-refractivity contribution >= 4 is 85.7 Å². The van der Waals surface area contributed by atoms with Crippen molar-refractivity contribution in [3.8, 4) is 0 Å². The molecule has 2 saturated heterocycles. The molecule has 0 spiro atoms. The van der Waals surface area contributed by atoms with Crippen LogP contribution in [0.25, 0.3) is 10.9 Å². The van der Waals surface area contributed by atoms with Crippen LogP contribution in [-0.2, 0) is 49.6 Å². The van der Waals surface area contributed by atoms with Crippen LogP contribution in [-0.4, -0.2) is 130 Å². The summed E-state index contributed by atoms with van der Waals surface area (Å²) >= 11 is 0. The Morgan fingerprint density at radius 3 is 2.32 bits per heavy atom. The number of H-pyrrole nitrogens is 1. The van der Waals surface area contributed by atoms with Crippen LogP contribution in [0, 0.1) is 5.92 Å². The molecule has 59 heavy (non-hydrogen) atoms. The van der Waals surface area contributed by atoms with Crippen LogP contribution >= 0.6 is 21.6 Å². The molecule has 1 aromatic heterocycles. The fourth-order valence-corrected chi connectivity index (χ4v) is 9.54. The highest BCUT2D eigenvalue weighted by atomic mass is 33.1. The predicted molar refractivity (Wildman–Crippen MR) is 218 cm³/mol. The normalized spacial score (nSPS) is 25.2. The van der Waals surface area contributed by atoms with E-state index in [0.717, 1.165) is 30.2 Å². The van der Waals surface area contributed by atoms with Crippen LogP contribution in [0.2, 0.25) is 0 Å². The first-order valence-electron chi connectivity index (χ1n) is 19.7. The van der Waals surface area contributed by atoms with Gasteiger partial charge in [0, 0.05) is 60.5 Å². The van der Waals surface area contributed by atoms with Crippen molar-refractivity contribution in [3.05, 3.63) is 36.0 Å². The van der Waals surface area contributed by atoms with Gasteiger partial charge in [0.15, 0.2) is 0 Å². The van der Waals surface area contributed by atoms with Crippen molar-refractivity contribution in [1.82, 2.24) is 41.8 Å². The van der Waals surface area contributed by atoms with Gasteiger partial charge in [0.2, 0.25) is 47.3 Å². The molecule has 1 unspecified atom stereocenters. The first-order chi connectivity index (χ1) is 28.3. The van der Waals surface area contributed by atoms with Gasteiger partial charge in [-0.1, -0.05) is 59.0 Å². The maximum atomic E-state index is 14.4. The molecule has 0 bridgehead atoms. The second kappa shape index (κ2) is 21.6. The molecule has 3 heterocycles. The van der Waals surface area contributed by atoms with Crippen molar-refractivity contribution in [3.63, 3.8) is 0 Å². The van der Waals surface area contributed by atoms with E-state index in [1.807, 2.05) is 18.2 Å². The number of carbonyl (C=O) groups is 9. The molecule has 19 nitrogen and oxygen atoms in total. The topological polar surface area (TPSA) is 291 Å². The van der Waals surface area contributed by atoms with Crippen molar-refractivity contribution in [1.29, 1.82) is 0 Å². The second-order valence-corrected chi connectivity index (χ2v) is 17.4. The summed E-state index contributed by atoms with van der Waals surface area (Å²) in [6.45, 7) is -0.851. The van der Waals surface area contributed by atoms with Crippen LogP contribution in [0.4, 0.5) is 0 Å². The molecule has 21 heteroatoms. The van der Waals surface area contributed by atoms with E-state index in [1.54, 1.807) is 12.3 Å². The summed E-state index contributed by atoms with van der Waals surface area (Å²) in [6, 6.07) is 0.783. The minimum absolute atomic E-state index is 0.0392. The molecule has 3 fully saturated rings. The Hall–Kier alpha value is -5.31. The van der Waals surface area contributed by atoms with Crippen LogP contribution in [0.3, 0.4) is 0 Å². The molecule has 1 aliphatic carbocycles. The molecule has 1 saturated carbocycles. The zero-order chi connectivity index (χ0) is 42.5. The highest BCUT2D eigenvalue weighted by Gasteiger charge is 2.40. The summed E-state index contributed by atoms with van der Waals surface area (Å²) in [7, 11) is 2.41. The molecular weight excluding hydrogens is 807 g/mol. The summed E-state index contributed by atoms with van der Waals surface area (Å²) in [5, 5.41) is 25.7. The number of nitrogens with zero attached hydrogens (tertiary/aromatic N) is 1.